The predicted octanol–water partition coefficient (Wildman–Crippen LogP) is 5.80. The molecule has 8 bridgehead atoms. The van der Waals surface area contributed by atoms with Crippen molar-refractivity contribution in [2.75, 3.05) is 0 Å². The molecule has 1 aliphatic heterocycles. The lowest BCUT2D eigenvalue weighted by atomic mass is 9.96. The van der Waals surface area contributed by atoms with E-state index in [0.717, 1.165) is 96.0 Å². The van der Waals surface area contributed by atoms with Gasteiger partial charge in [-0.3, -0.25) is 0 Å². The molecule has 3 N–H and O–H groups in total. The molecule has 5 rings (SSSR count). The first-order valence-corrected chi connectivity index (χ1v) is 16.2. The normalized spacial score (nSPS) is 13.3. The van der Waals surface area contributed by atoms with Crippen molar-refractivity contribution in [3.8, 4) is 6.07 Å². The van der Waals surface area contributed by atoms with Crippen LogP contribution in [0.5, 0.6) is 0 Å². The maximum atomic E-state index is 10.6. The molecule has 1 aliphatic rings. The molecule has 0 aliphatic carbocycles. The van der Waals surface area contributed by atoms with Crippen LogP contribution >= 0.6 is 0 Å². The topological polar surface area (TPSA) is 76.1 Å². The Hall–Kier alpha value is -3.91. The smallest absolute Gasteiger partial charge is 0.102 e. The molecule has 5 nitrogen and oxygen atoms in total. The fourth-order valence-electron chi connectivity index (χ4n) is 7.46. The highest BCUT2D eigenvalue weighted by atomic mass is 15.0. The van der Waals surface area contributed by atoms with Gasteiger partial charge in [-0.1, -0.05) is 48.5 Å². The maximum Gasteiger partial charge on any atom is 0.102 e. The van der Waals surface area contributed by atoms with Gasteiger partial charge in [-0.2, -0.15) is 5.26 Å². The molecule has 4 aromatic rings. The number of nitrogens with zero attached hydrogens (tertiary/aromatic N) is 2. The lowest BCUT2D eigenvalue weighted by molar-refractivity contribution is 0.709. The van der Waals surface area contributed by atoms with Crippen molar-refractivity contribution >= 4 is 22.3 Å². The van der Waals surface area contributed by atoms with Gasteiger partial charge in [0.1, 0.15) is 6.07 Å². The number of nitrogens with one attached hydrogen (secondary N) is 3. The first-order valence-electron chi connectivity index (χ1n) is 16.2. The quantitative estimate of drug-likeness (QED) is 0.250. The van der Waals surface area contributed by atoms with Crippen molar-refractivity contribution in [1.29, 1.82) is 5.26 Å². The molecule has 0 fully saturated rings. The van der Waals surface area contributed by atoms with Crippen LogP contribution in [-0.4, -0.2) is 19.5 Å². The van der Waals surface area contributed by atoms with Gasteiger partial charge in [-0.15, -0.1) is 0 Å². The molecule has 42 heavy (non-hydrogen) atoms. The van der Waals surface area contributed by atoms with E-state index in [1.54, 1.807) is 0 Å². The van der Waals surface area contributed by atoms with E-state index in [2.05, 4.69) is 105 Å². The molecule has 220 valence electrons. The molecule has 0 saturated heterocycles. The number of rotatable bonds is 8. The lowest BCUT2D eigenvalue weighted by Gasteiger charge is -2.12. The minimum Gasteiger partial charge on any atom is -0.355 e. The molecule has 0 aromatic carbocycles. The highest BCUT2D eigenvalue weighted by Gasteiger charge is 2.24. The molecule has 0 spiro atoms. The Kier molecular flexibility index (Phi) is 8.55. The molecule has 0 amide bonds. The molecule has 5 heteroatoms. The summed E-state index contributed by atoms with van der Waals surface area (Å²) < 4.78 is 2.58. The van der Waals surface area contributed by atoms with Crippen LogP contribution in [0.1, 0.15) is 126 Å². The van der Waals surface area contributed by atoms with Crippen molar-refractivity contribution in [2.45, 2.75) is 107 Å². The Balaban J connectivity index is 2.15. The third-order valence-electron chi connectivity index (χ3n) is 9.33. The molecule has 0 saturated carbocycles. The summed E-state index contributed by atoms with van der Waals surface area (Å²) in [5.74, 6) is 0. The number of H-pyrrole nitrogens is 3. The zero-order valence-corrected chi connectivity index (χ0v) is 26.9. The van der Waals surface area contributed by atoms with Crippen molar-refractivity contribution in [1.82, 2.24) is 19.5 Å². The Morgan fingerprint density at radius 3 is 1.57 bits per heavy atom. The summed E-state index contributed by atoms with van der Waals surface area (Å²) in [4.78, 5) is 11.5. The van der Waals surface area contributed by atoms with Gasteiger partial charge in [0.2, 0.25) is 0 Å². The first-order chi connectivity index (χ1) is 20.5. The lowest BCUT2D eigenvalue weighted by Crippen LogP contribution is -2.31. The molecule has 0 unspecified atom stereocenters. The SMILES string of the molecule is CCC1=c2ccc([nH]2)=C(CC)c2[nH]c(c(CC)c2C#N)C(CC)=c2c(CC)c(CC)c(n2CC)=C(CC)c2ccc1[nH]2. The van der Waals surface area contributed by atoms with Crippen LogP contribution in [0.3, 0.4) is 0 Å². The highest BCUT2D eigenvalue weighted by molar-refractivity contribution is 5.77. The summed E-state index contributed by atoms with van der Waals surface area (Å²) in [6, 6.07) is 11.5. The van der Waals surface area contributed by atoms with E-state index in [4.69, 9.17) is 0 Å². The third-order valence-corrected chi connectivity index (χ3v) is 9.33. The summed E-state index contributed by atoms with van der Waals surface area (Å²) in [5, 5.41) is 15.5. The van der Waals surface area contributed by atoms with Crippen molar-refractivity contribution in [3.63, 3.8) is 0 Å². The van der Waals surface area contributed by atoms with E-state index >= 15 is 0 Å². The summed E-state index contributed by atoms with van der Waals surface area (Å²) in [6.07, 6.45) is 6.31. The average Bonchev–Trinajstić information content (AvgIpc) is 3.80. The van der Waals surface area contributed by atoms with Gasteiger partial charge in [0.05, 0.1) is 11.3 Å². The van der Waals surface area contributed by atoms with Crippen LogP contribution in [0, 0.1) is 11.3 Å². The summed E-state index contributed by atoms with van der Waals surface area (Å²) in [6.45, 7) is 18.9. The Bertz CT molecular complexity index is 1920. The molecule has 5 heterocycles. The van der Waals surface area contributed by atoms with Crippen molar-refractivity contribution < 1.29 is 0 Å². The largest absolute Gasteiger partial charge is 0.355 e. The summed E-state index contributed by atoms with van der Waals surface area (Å²) >= 11 is 0. The predicted molar refractivity (Wildman–Crippen MR) is 175 cm³/mol. The van der Waals surface area contributed by atoms with Gasteiger partial charge < -0.3 is 19.5 Å². The monoisotopic (exact) mass is 561 g/mol. The van der Waals surface area contributed by atoms with Gasteiger partial charge in [-0.25, -0.2) is 0 Å². The number of aromatic amines is 3. The first kappa shape index (κ1) is 29.6. The van der Waals surface area contributed by atoms with Gasteiger partial charge in [0.25, 0.3) is 0 Å². The second-order valence-corrected chi connectivity index (χ2v) is 11.2. The molecule has 4 aromatic heterocycles. The highest BCUT2D eigenvalue weighted by Crippen LogP contribution is 2.31. The van der Waals surface area contributed by atoms with E-state index in [1.165, 1.54) is 44.2 Å². The van der Waals surface area contributed by atoms with E-state index in [-0.39, 0.29) is 0 Å². The Morgan fingerprint density at radius 1 is 0.548 bits per heavy atom. The number of hydrogen-bond donors (Lipinski definition) is 3. The van der Waals surface area contributed by atoms with E-state index in [0.29, 0.717) is 0 Å². The maximum absolute atomic E-state index is 10.6. The van der Waals surface area contributed by atoms with E-state index in [1.807, 2.05) is 0 Å². The van der Waals surface area contributed by atoms with Crippen LogP contribution in [0.15, 0.2) is 24.3 Å². The van der Waals surface area contributed by atoms with Crippen LogP contribution < -0.4 is 21.4 Å². The number of aromatic nitrogens is 4. The number of hydrogen-bond acceptors (Lipinski definition) is 1. The van der Waals surface area contributed by atoms with Crippen molar-refractivity contribution in [3.05, 3.63) is 90.7 Å². The van der Waals surface area contributed by atoms with Gasteiger partial charge in [0, 0.05) is 50.6 Å². The van der Waals surface area contributed by atoms with Gasteiger partial charge in [-0.05, 0) is 110 Å². The molecular weight excluding hydrogens is 514 g/mol. The van der Waals surface area contributed by atoms with E-state index in [9.17, 15) is 5.26 Å². The molecular formula is C37H47N5. The second kappa shape index (κ2) is 12.1. The van der Waals surface area contributed by atoms with E-state index < -0.39 is 0 Å². The molecule has 0 atom stereocenters. The van der Waals surface area contributed by atoms with Crippen LogP contribution in [0.2, 0.25) is 0 Å². The Morgan fingerprint density at radius 2 is 1.07 bits per heavy atom. The summed E-state index contributed by atoms with van der Waals surface area (Å²) in [5.41, 5.74) is 14.4. The number of nitriles is 1. The average molecular weight is 562 g/mol. The molecule has 0 radical (unpaired) electrons. The van der Waals surface area contributed by atoms with Crippen LogP contribution in [-0.2, 0) is 25.8 Å². The fraction of sp³-hybridized carbons (Fsp3) is 0.432. The summed E-state index contributed by atoms with van der Waals surface area (Å²) in [7, 11) is 0. The zero-order valence-electron chi connectivity index (χ0n) is 26.9. The zero-order chi connectivity index (χ0) is 30.1. The van der Waals surface area contributed by atoms with Crippen molar-refractivity contribution in [2.24, 2.45) is 0 Å². The Labute approximate surface area is 250 Å². The fourth-order valence-corrected chi connectivity index (χ4v) is 7.46. The van der Waals surface area contributed by atoms with Gasteiger partial charge >= 0.3 is 0 Å². The second-order valence-electron chi connectivity index (χ2n) is 11.2. The number of fused-ring (bicyclic) bond motifs is 8. The third kappa shape index (κ3) is 4.44. The minimum absolute atomic E-state index is 0.786. The van der Waals surface area contributed by atoms with Crippen LogP contribution in [0.4, 0.5) is 0 Å². The minimum atomic E-state index is 0.786. The van der Waals surface area contributed by atoms with Gasteiger partial charge in [0.15, 0.2) is 0 Å². The standard InChI is InChI=1S/C37H47N5/c1-9-22-29(21-38)35-26(13-5)32-19-17-30(39-32)25(12-4)31-18-20-33(40-31)27(14-6)36-23(10-2)24(11-3)37(42(36)16-8)28(15-7)34(22)41-35/h17-20,39-41H,9-16H2,1-8H3. The van der Waals surface area contributed by atoms with Crippen LogP contribution in [0.25, 0.3) is 22.3 Å².